The Morgan fingerprint density at radius 1 is 1.26 bits per heavy atom. The summed E-state index contributed by atoms with van der Waals surface area (Å²) in [6.07, 6.45) is 4.25. The van der Waals surface area contributed by atoms with E-state index < -0.39 is 24.1 Å². The largest absolute Gasteiger partial charge is 0.334 e. The third-order valence-electron chi connectivity index (χ3n) is 2.86. The molecule has 7 nitrogen and oxygen atoms in total. The molecule has 0 radical (unpaired) electrons. The summed E-state index contributed by atoms with van der Waals surface area (Å²) in [7, 11) is -4.33. The predicted molar refractivity (Wildman–Crippen MR) is 69.3 cm³/mol. The lowest BCUT2D eigenvalue weighted by atomic mass is 9.94. The first-order valence-corrected chi connectivity index (χ1v) is 7.07. The number of allylic oxidation sites excluding steroid dienone is 1. The van der Waals surface area contributed by atoms with Gasteiger partial charge in [-0.3, -0.25) is 19.7 Å². The molecule has 2 rings (SSSR count). The van der Waals surface area contributed by atoms with Crippen molar-refractivity contribution in [2.45, 2.75) is 11.6 Å². The Labute approximate surface area is 108 Å². The number of nitro groups is 1. The van der Waals surface area contributed by atoms with Gasteiger partial charge < -0.3 is 9.79 Å². The van der Waals surface area contributed by atoms with Crippen molar-refractivity contribution < 1.29 is 19.3 Å². The van der Waals surface area contributed by atoms with E-state index in [9.17, 15) is 24.5 Å². The summed E-state index contributed by atoms with van der Waals surface area (Å²) in [4.78, 5) is 32.4. The van der Waals surface area contributed by atoms with Gasteiger partial charge in [-0.1, -0.05) is 18.2 Å². The first-order valence-electron chi connectivity index (χ1n) is 5.39. The fourth-order valence-corrected chi connectivity index (χ4v) is 2.85. The summed E-state index contributed by atoms with van der Waals surface area (Å²) < 4.78 is 11.4. The molecule has 0 aromatic heterocycles. The van der Waals surface area contributed by atoms with E-state index in [4.69, 9.17) is 0 Å². The Kier molecular flexibility index (Phi) is 3.61. The van der Waals surface area contributed by atoms with E-state index in [0.717, 1.165) is 0 Å². The molecule has 2 unspecified atom stereocenters. The van der Waals surface area contributed by atoms with Crippen LogP contribution in [0, 0.1) is 10.1 Å². The van der Waals surface area contributed by atoms with Crippen molar-refractivity contribution in [3.05, 3.63) is 52.2 Å². The highest BCUT2D eigenvalue weighted by molar-refractivity contribution is 7.53. The van der Waals surface area contributed by atoms with Crippen LogP contribution in [0.15, 0.2) is 41.5 Å². The molecule has 100 valence electrons. The van der Waals surface area contributed by atoms with E-state index in [1.165, 1.54) is 36.7 Å². The molecule has 2 N–H and O–H groups in total. The molecule has 8 heteroatoms. The van der Waals surface area contributed by atoms with Crippen molar-refractivity contribution in [1.29, 1.82) is 0 Å². The quantitative estimate of drug-likeness (QED) is 0.498. The van der Waals surface area contributed by atoms with Crippen LogP contribution >= 0.6 is 7.60 Å². The Hall–Kier alpha value is -1.82. The first-order chi connectivity index (χ1) is 8.89. The van der Waals surface area contributed by atoms with Crippen LogP contribution in [-0.2, 0) is 4.57 Å². The molecular weight excluding hydrogens is 271 g/mol. The molecule has 2 atom stereocenters. The van der Waals surface area contributed by atoms with Gasteiger partial charge in [0.25, 0.3) is 5.69 Å². The minimum atomic E-state index is -4.33. The van der Waals surface area contributed by atoms with Crippen LogP contribution in [0.2, 0.25) is 0 Å². The Morgan fingerprint density at radius 2 is 1.89 bits per heavy atom. The second kappa shape index (κ2) is 5.05. The highest BCUT2D eigenvalue weighted by atomic mass is 31.2. The van der Waals surface area contributed by atoms with Gasteiger partial charge in [-0.2, -0.15) is 0 Å². The van der Waals surface area contributed by atoms with E-state index >= 15 is 0 Å². The third kappa shape index (κ3) is 2.96. The number of rotatable bonds is 3. The maximum atomic E-state index is 11.4. The molecule has 0 spiro atoms. The van der Waals surface area contributed by atoms with Crippen LogP contribution in [0.4, 0.5) is 5.69 Å². The standard InChI is InChI=1S/C11H11N2O5P/c14-13(15)9-3-1-8(2-4-9)10-5-6-12-7-11(10)19(16,17)18/h1-7,10-11H,(H2,16,17,18). The van der Waals surface area contributed by atoms with Gasteiger partial charge in [0.2, 0.25) is 0 Å². The summed E-state index contributed by atoms with van der Waals surface area (Å²) >= 11 is 0. The van der Waals surface area contributed by atoms with Gasteiger partial charge in [-0.25, -0.2) is 0 Å². The zero-order valence-electron chi connectivity index (χ0n) is 9.66. The average molecular weight is 282 g/mol. The van der Waals surface area contributed by atoms with E-state index in [0.29, 0.717) is 5.56 Å². The molecule has 0 amide bonds. The molecular formula is C11H11N2O5P. The van der Waals surface area contributed by atoms with Crippen LogP contribution in [0.1, 0.15) is 11.5 Å². The molecule has 1 aliphatic rings. The SMILES string of the molecule is O=[N+]([O-])c1ccc(C2C=CN=CC2P(=O)(O)O)cc1. The van der Waals surface area contributed by atoms with Crippen molar-refractivity contribution >= 4 is 19.5 Å². The van der Waals surface area contributed by atoms with Gasteiger partial charge in [0, 0.05) is 30.5 Å². The Morgan fingerprint density at radius 3 is 2.42 bits per heavy atom. The van der Waals surface area contributed by atoms with E-state index in [-0.39, 0.29) is 5.69 Å². The molecule has 0 bridgehead atoms. The molecule has 1 aromatic carbocycles. The summed E-state index contributed by atoms with van der Waals surface area (Å²) in [5.41, 5.74) is -0.509. The molecule has 1 aromatic rings. The van der Waals surface area contributed by atoms with Crippen molar-refractivity contribution in [2.24, 2.45) is 4.99 Å². The maximum absolute atomic E-state index is 11.4. The Bertz CT molecular complexity index is 590. The minimum absolute atomic E-state index is 0.0649. The number of nitro benzene ring substituents is 1. The van der Waals surface area contributed by atoms with E-state index in [2.05, 4.69) is 4.99 Å². The van der Waals surface area contributed by atoms with Gasteiger partial charge in [0.15, 0.2) is 0 Å². The molecule has 0 fully saturated rings. The fraction of sp³-hybridized carbons (Fsp3) is 0.182. The molecule has 1 aliphatic heterocycles. The summed E-state index contributed by atoms with van der Waals surface area (Å²) in [6, 6.07) is 5.61. The third-order valence-corrected chi connectivity index (χ3v) is 4.09. The summed E-state index contributed by atoms with van der Waals surface area (Å²) in [5.74, 6) is -0.542. The number of benzene rings is 1. The lowest BCUT2D eigenvalue weighted by Gasteiger charge is -2.24. The van der Waals surface area contributed by atoms with Crippen LogP contribution in [0.25, 0.3) is 0 Å². The van der Waals surface area contributed by atoms with Crippen molar-refractivity contribution in [2.75, 3.05) is 0 Å². The topological polar surface area (TPSA) is 113 Å². The number of aliphatic imine (C=N–C) groups is 1. The highest BCUT2D eigenvalue weighted by Crippen LogP contribution is 2.48. The molecule has 0 aliphatic carbocycles. The first kappa shape index (κ1) is 13.6. The van der Waals surface area contributed by atoms with Crippen LogP contribution < -0.4 is 0 Å². The van der Waals surface area contributed by atoms with E-state index in [1.807, 2.05) is 0 Å². The summed E-state index contributed by atoms with van der Waals surface area (Å²) in [6.45, 7) is 0. The lowest BCUT2D eigenvalue weighted by molar-refractivity contribution is -0.384. The highest BCUT2D eigenvalue weighted by Gasteiger charge is 2.35. The van der Waals surface area contributed by atoms with Gasteiger partial charge in [0.1, 0.15) is 5.66 Å². The van der Waals surface area contributed by atoms with Crippen molar-refractivity contribution in [1.82, 2.24) is 0 Å². The number of nitrogens with zero attached hydrogens (tertiary/aromatic N) is 2. The number of non-ortho nitro benzene ring substituents is 1. The Balaban J connectivity index is 2.34. The normalized spacial score (nSPS) is 22.4. The number of hydrogen-bond donors (Lipinski definition) is 2. The lowest BCUT2D eigenvalue weighted by Crippen LogP contribution is -2.21. The van der Waals surface area contributed by atoms with Crippen LogP contribution in [-0.4, -0.2) is 26.6 Å². The summed E-state index contributed by atoms with van der Waals surface area (Å²) in [5, 5.41) is 10.6. The van der Waals surface area contributed by atoms with Crippen molar-refractivity contribution in [3.8, 4) is 0 Å². The maximum Gasteiger partial charge on any atom is 0.334 e. The number of hydrogen-bond acceptors (Lipinski definition) is 4. The monoisotopic (exact) mass is 282 g/mol. The zero-order chi connectivity index (χ0) is 14.0. The van der Waals surface area contributed by atoms with Gasteiger partial charge >= 0.3 is 7.60 Å². The second-order valence-electron chi connectivity index (χ2n) is 4.09. The zero-order valence-corrected chi connectivity index (χ0v) is 10.6. The van der Waals surface area contributed by atoms with Gasteiger partial charge in [-0.15, -0.1) is 0 Å². The second-order valence-corrected chi connectivity index (χ2v) is 5.87. The molecule has 0 saturated heterocycles. The van der Waals surface area contributed by atoms with Gasteiger partial charge in [0.05, 0.1) is 4.92 Å². The fourth-order valence-electron chi connectivity index (χ4n) is 1.91. The molecule has 19 heavy (non-hydrogen) atoms. The van der Waals surface area contributed by atoms with Crippen molar-refractivity contribution in [3.63, 3.8) is 0 Å². The molecule has 1 heterocycles. The smallest absolute Gasteiger partial charge is 0.324 e. The van der Waals surface area contributed by atoms with Crippen LogP contribution in [0.3, 0.4) is 0 Å². The van der Waals surface area contributed by atoms with E-state index in [1.54, 1.807) is 6.08 Å². The predicted octanol–water partition coefficient (Wildman–Crippen LogP) is 1.82. The van der Waals surface area contributed by atoms with Crippen LogP contribution in [0.5, 0.6) is 0 Å². The minimum Gasteiger partial charge on any atom is -0.324 e. The molecule has 0 saturated carbocycles. The average Bonchev–Trinajstić information content (AvgIpc) is 2.38. The van der Waals surface area contributed by atoms with Gasteiger partial charge in [-0.05, 0) is 5.56 Å².